The van der Waals surface area contributed by atoms with Gasteiger partial charge in [0.15, 0.2) is 6.10 Å². The Hall–Kier alpha value is -1.59. The summed E-state index contributed by atoms with van der Waals surface area (Å²) in [5.41, 5.74) is 0. The first kappa shape index (κ1) is 55.4. The van der Waals surface area contributed by atoms with Gasteiger partial charge in [-0.1, -0.05) is 240 Å². The molecule has 0 amide bonds. The topological polar surface area (TPSA) is 78.9 Å². The van der Waals surface area contributed by atoms with E-state index in [4.69, 9.17) is 14.2 Å². The van der Waals surface area contributed by atoms with Crippen molar-refractivity contribution < 1.29 is 28.6 Å². The van der Waals surface area contributed by atoms with Gasteiger partial charge >= 0.3 is 17.9 Å². The summed E-state index contributed by atoms with van der Waals surface area (Å²) < 4.78 is 16.8. The Morgan fingerprint density at radius 2 is 0.614 bits per heavy atom. The average molecular weight is 807 g/mol. The third-order valence-electron chi connectivity index (χ3n) is 12.2. The van der Waals surface area contributed by atoms with Crippen LogP contribution in [0.25, 0.3) is 0 Å². The second kappa shape index (κ2) is 44.0. The molecule has 3 atom stereocenters. The summed E-state index contributed by atoms with van der Waals surface area (Å²) >= 11 is 0. The van der Waals surface area contributed by atoms with Crippen molar-refractivity contribution in [1.29, 1.82) is 0 Å². The van der Waals surface area contributed by atoms with Crippen LogP contribution < -0.4 is 0 Å². The van der Waals surface area contributed by atoms with Crippen LogP contribution in [0.5, 0.6) is 0 Å². The van der Waals surface area contributed by atoms with Gasteiger partial charge in [-0.05, 0) is 31.1 Å². The van der Waals surface area contributed by atoms with E-state index in [9.17, 15) is 14.4 Å². The minimum atomic E-state index is -0.761. The zero-order valence-electron chi connectivity index (χ0n) is 39.0. The first-order valence-electron chi connectivity index (χ1n) is 25.3. The Labute approximate surface area is 355 Å². The zero-order chi connectivity index (χ0) is 41.9. The molecule has 57 heavy (non-hydrogen) atoms. The average Bonchev–Trinajstić information content (AvgIpc) is 3.21. The number of rotatable bonds is 45. The summed E-state index contributed by atoms with van der Waals surface area (Å²) in [5.74, 6) is 0.866. The van der Waals surface area contributed by atoms with Gasteiger partial charge in [0.1, 0.15) is 13.2 Å². The molecule has 0 N–H and O–H groups in total. The van der Waals surface area contributed by atoms with Crippen LogP contribution in [0.15, 0.2) is 0 Å². The minimum absolute atomic E-state index is 0.0643. The van der Waals surface area contributed by atoms with E-state index >= 15 is 0 Å². The predicted octanol–water partition coefficient (Wildman–Crippen LogP) is 16.1. The Kier molecular flexibility index (Phi) is 42.7. The second-order valence-corrected chi connectivity index (χ2v) is 17.9. The van der Waals surface area contributed by atoms with Crippen LogP contribution in [0.3, 0.4) is 0 Å². The quantitative estimate of drug-likeness (QED) is 0.0346. The van der Waals surface area contributed by atoms with Gasteiger partial charge in [-0.2, -0.15) is 0 Å². The molecule has 0 aromatic rings. The summed E-state index contributed by atoms with van der Waals surface area (Å²) in [6, 6.07) is 0. The number of carbonyl (C=O) groups is 3. The first-order chi connectivity index (χ1) is 27.8. The molecule has 0 radical (unpaired) electrons. The third kappa shape index (κ3) is 42.3. The number of unbranched alkanes of at least 4 members (excludes halogenated alkanes) is 28. The molecule has 338 valence electrons. The molecular weight excluding hydrogens is 709 g/mol. The van der Waals surface area contributed by atoms with E-state index in [0.29, 0.717) is 19.3 Å². The molecule has 0 aromatic carbocycles. The highest BCUT2D eigenvalue weighted by atomic mass is 16.6. The van der Waals surface area contributed by atoms with Crippen molar-refractivity contribution in [2.75, 3.05) is 13.2 Å². The van der Waals surface area contributed by atoms with Crippen molar-refractivity contribution in [1.82, 2.24) is 0 Å². The molecule has 0 rings (SSSR count). The van der Waals surface area contributed by atoms with Crippen LogP contribution in [0.4, 0.5) is 0 Å². The van der Waals surface area contributed by atoms with Crippen molar-refractivity contribution in [2.24, 2.45) is 11.8 Å². The lowest BCUT2D eigenvalue weighted by Crippen LogP contribution is -2.30. The van der Waals surface area contributed by atoms with Crippen LogP contribution in [0, 0.1) is 11.8 Å². The maximum atomic E-state index is 12.8. The van der Waals surface area contributed by atoms with Gasteiger partial charge in [-0.15, -0.1) is 0 Å². The minimum Gasteiger partial charge on any atom is -0.462 e. The summed E-state index contributed by atoms with van der Waals surface area (Å²) in [6.07, 6.45) is 43.6. The Bertz CT molecular complexity index is 874. The highest BCUT2D eigenvalue weighted by molar-refractivity contribution is 5.71. The lowest BCUT2D eigenvalue weighted by molar-refractivity contribution is -0.167. The standard InChI is InChI=1S/C51H98O6/c1-6-9-10-11-12-13-14-15-16-21-28-33-38-43-51(54)57-48(45-56-50(53)42-37-32-27-23-22-25-30-35-40-47(5)8-3)44-55-49(52)41-36-31-26-20-18-17-19-24-29-34-39-46(4)7-2/h46-48H,6-45H2,1-5H3/t46?,47?,48-/m0/s1. The molecule has 0 aromatic heterocycles. The van der Waals surface area contributed by atoms with Crippen molar-refractivity contribution >= 4 is 17.9 Å². The second-order valence-electron chi connectivity index (χ2n) is 17.9. The molecular formula is C51H98O6. The number of hydrogen-bond acceptors (Lipinski definition) is 6. The van der Waals surface area contributed by atoms with E-state index in [-0.39, 0.29) is 31.1 Å². The third-order valence-corrected chi connectivity index (χ3v) is 12.2. The van der Waals surface area contributed by atoms with Crippen molar-refractivity contribution in [3.63, 3.8) is 0 Å². The van der Waals surface area contributed by atoms with E-state index in [2.05, 4.69) is 34.6 Å². The van der Waals surface area contributed by atoms with E-state index in [1.54, 1.807) is 0 Å². The fourth-order valence-electron chi connectivity index (χ4n) is 7.57. The fraction of sp³-hybridized carbons (Fsp3) is 0.941. The van der Waals surface area contributed by atoms with Gasteiger partial charge in [0, 0.05) is 19.3 Å². The van der Waals surface area contributed by atoms with Crippen molar-refractivity contribution in [3.05, 3.63) is 0 Å². The van der Waals surface area contributed by atoms with E-state index < -0.39 is 6.10 Å². The predicted molar refractivity (Wildman–Crippen MR) is 243 cm³/mol. The molecule has 0 spiro atoms. The molecule has 0 saturated heterocycles. The Morgan fingerprint density at radius 3 is 0.912 bits per heavy atom. The Balaban J connectivity index is 4.34. The molecule has 0 heterocycles. The van der Waals surface area contributed by atoms with E-state index in [1.165, 1.54) is 167 Å². The largest absolute Gasteiger partial charge is 0.462 e. The van der Waals surface area contributed by atoms with Crippen LogP contribution in [0.2, 0.25) is 0 Å². The van der Waals surface area contributed by atoms with Gasteiger partial charge < -0.3 is 14.2 Å². The highest BCUT2D eigenvalue weighted by Gasteiger charge is 2.19. The molecule has 0 fully saturated rings. The molecule has 2 unspecified atom stereocenters. The first-order valence-corrected chi connectivity index (χ1v) is 25.3. The summed E-state index contributed by atoms with van der Waals surface area (Å²) in [5, 5.41) is 0. The molecule has 0 saturated carbocycles. The van der Waals surface area contributed by atoms with Crippen LogP contribution in [0.1, 0.15) is 279 Å². The number of carbonyl (C=O) groups excluding carboxylic acids is 3. The number of esters is 3. The fourth-order valence-corrected chi connectivity index (χ4v) is 7.57. The molecule has 0 bridgehead atoms. The lowest BCUT2D eigenvalue weighted by atomic mass is 9.99. The van der Waals surface area contributed by atoms with Crippen molar-refractivity contribution in [2.45, 2.75) is 285 Å². The summed E-state index contributed by atoms with van der Waals surface area (Å²) in [6.45, 7) is 11.4. The molecule has 0 aliphatic carbocycles. The monoisotopic (exact) mass is 807 g/mol. The SMILES string of the molecule is CCCCCCCCCCCCCCCC(=O)O[C@@H](COC(=O)CCCCCCCCCCCCC(C)CC)COC(=O)CCCCCCCCCCC(C)CC. The summed E-state index contributed by atoms with van der Waals surface area (Å²) in [7, 11) is 0. The Morgan fingerprint density at radius 1 is 0.351 bits per heavy atom. The molecule has 0 aliphatic rings. The lowest BCUT2D eigenvalue weighted by Gasteiger charge is -2.18. The zero-order valence-corrected chi connectivity index (χ0v) is 39.0. The number of hydrogen-bond donors (Lipinski definition) is 0. The van der Waals surface area contributed by atoms with Crippen LogP contribution in [-0.2, 0) is 28.6 Å². The molecule has 6 nitrogen and oxygen atoms in total. The van der Waals surface area contributed by atoms with Gasteiger partial charge in [-0.25, -0.2) is 0 Å². The summed E-state index contributed by atoms with van der Waals surface area (Å²) in [4.78, 5) is 37.9. The maximum Gasteiger partial charge on any atom is 0.306 e. The molecule has 6 heteroatoms. The van der Waals surface area contributed by atoms with Gasteiger partial charge in [0.05, 0.1) is 0 Å². The molecule has 0 aliphatic heterocycles. The highest BCUT2D eigenvalue weighted by Crippen LogP contribution is 2.18. The van der Waals surface area contributed by atoms with Gasteiger partial charge in [-0.3, -0.25) is 14.4 Å². The van der Waals surface area contributed by atoms with E-state index in [1.807, 2.05) is 0 Å². The van der Waals surface area contributed by atoms with Crippen LogP contribution >= 0.6 is 0 Å². The smallest absolute Gasteiger partial charge is 0.306 e. The van der Waals surface area contributed by atoms with E-state index in [0.717, 1.165) is 69.6 Å². The normalized spacial score (nSPS) is 13.0. The van der Waals surface area contributed by atoms with Crippen LogP contribution in [-0.4, -0.2) is 37.2 Å². The van der Waals surface area contributed by atoms with Gasteiger partial charge in [0.25, 0.3) is 0 Å². The number of ether oxygens (including phenoxy) is 3. The van der Waals surface area contributed by atoms with Gasteiger partial charge in [0.2, 0.25) is 0 Å². The van der Waals surface area contributed by atoms with Crippen molar-refractivity contribution in [3.8, 4) is 0 Å². The maximum absolute atomic E-state index is 12.8.